The van der Waals surface area contributed by atoms with Crippen molar-refractivity contribution in [2.24, 2.45) is 0 Å². The quantitative estimate of drug-likeness (QED) is 0.175. The fourth-order valence-electron chi connectivity index (χ4n) is 9.47. The molecule has 4 nitrogen and oxygen atoms in total. The third-order valence-corrected chi connectivity index (χ3v) is 13.3. The van der Waals surface area contributed by atoms with Crippen molar-refractivity contribution in [3.05, 3.63) is 194 Å². The van der Waals surface area contributed by atoms with Crippen molar-refractivity contribution in [1.82, 2.24) is 19.5 Å². The van der Waals surface area contributed by atoms with Crippen molar-refractivity contribution in [3.63, 3.8) is 0 Å². The fraction of sp³-hybridized carbons (Fsp3) is 0. The lowest BCUT2D eigenvalue weighted by molar-refractivity contribution is 1.07. The first kappa shape index (κ1) is 33.3. The Hall–Kier alpha value is -7.73. The summed E-state index contributed by atoms with van der Waals surface area (Å²) < 4.78 is 5.07. The lowest BCUT2D eigenvalue weighted by Gasteiger charge is -2.12. The molecular weight excluding hydrogens is 749 g/mol. The van der Waals surface area contributed by atoms with Gasteiger partial charge in [0.1, 0.15) is 0 Å². The molecule has 1 aliphatic rings. The molecule has 278 valence electrons. The van der Waals surface area contributed by atoms with E-state index in [4.69, 9.17) is 15.0 Å². The van der Waals surface area contributed by atoms with Gasteiger partial charge in [-0.1, -0.05) is 146 Å². The molecule has 0 bridgehead atoms. The zero-order chi connectivity index (χ0) is 39.3. The van der Waals surface area contributed by atoms with E-state index in [1.807, 2.05) is 47.7 Å². The van der Waals surface area contributed by atoms with E-state index in [1.165, 1.54) is 80.6 Å². The van der Waals surface area contributed by atoms with Gasteiger partial charge in [-0.25, -0.2) is 15.0 Å². The number of rotatable bonds is 5. The summed E-state index contributed by atoms with van der Waals surface area (Å²) in [5, 5.41) is 7.69. The highest BCUT2D eigenvalue weighted by atomic mass is 32.1. The maximum atomic E-state index is 5.10. The predicted octanol–water partition coefficient (Wildman–Crippen LogP) is 14.8. The SMILES string of the molecule is c1ccc(-c2nc(-c3ccccc3)nc(-c3cccc(-n4c5ccc(-c6ccc7sc8ccccc8c7c6)cc5c5c6cccc7c6c(cc54)-c4ccccc4-7)c3)n2)cc1. The minimum atomic E-state index is 0.631. The summed E-state index contributed by atoms with van der Waals surface area (Å²) in [4.78, 5) is 15.2. The Morgan fingerprint density at radius 3 is 1.65 bits per heavy atom. The Balaban J connectivity index is 1.06. The minimum absolute atomic E-state index is 0.631. The van der Waals surface area contributed by atoms with Crippen LogP contribution in [-0.2, 0) is 0 Å². The molecule has 13 rings (SSSR count). The lowest BCUT2D eigenvalue weighted by atomic mass is 9.96. The number of hydrogen-bond acceptors (Lipinski definition) is 4. The molecule has 0 spiro atoms. The van der Waals surface area contributed by atoms with Crippen LogP contribution < -0.4 is 0 Å². The number of benzene rings is 9. The van der Waals surface area contributed by atoms with Crippen molar-refractivity contribution in [3.8, 4) is 73.2 Å². The third kappa shape index (κ3) is 5.00. The molecule has 60 heavy (non-hydrogen) atoms. The molecule has 3 heterocycles. The van der Waals surface area contributed by atoms with Crippen molar-refractivity contribution in [2.75, 3.05) is 0 Å². The molecule has 5 heteroatoms. The lowest BCUT2D eigenvalue weighted by Crippen LogP contribution is -2.01. The van der Waals surface area contributed by atoms with E-state index in [-0.39, 0.29) is 0 Å². The average molecular weight is 781 g/mol. The van der Waals surface area contributed by atoms with Crippen LogP contribution in [0.15, 0.2) is 194 Å². The molecule has 0 amide bonds. The first-order valence-electron chi connectivity index (χ1n) is 20.3. The molecule has 0 fully saturated rings. The summed E-state index contributed by atoms with van der Waals surface area (Å²) >= 11 is 1.86. The second kappa shape index (κ2) is 12.9. The molecule has 0 aliphatic heterocycles. The van der Waals surface area contributed by atoms with Gasteiger partial charge in [0.15, 0.2) is 17.5 Å². The van der Waals surface area contributed by atoms with E-state index in [0.717, 1.165) is 27.9 Å². The van der Waals surface area contributed by atoms with Crippen LogP contribution in [0.2, 0.25) is 0 Å². The zero-order valence-electron chi connectivity index (χ0n) is 32.2. The van der Waals surface area contributed by atoms with Gasteiger partial charge in [-0.3, -0.25) is 0 Å². The molecule has 0 saturated carbocycles. The summed E-state index contributed by atoms with van der Waals surface area (Å²) in [5.41, 5.74) is 13.7. The largest absolute Gasteiger partial charge is 0.309 e. The van der Waals surface area contributed by atoms with E-state index in [0.29, 0.717) is 17.5 Å². The van der Waals surface area contributed by atoms with Crippen LogP contribution in [0, 0.1) is 0 Å². The first-order chi connectivity index (χ1) is 29.7. The van der Waals surface area contributed by atoms with Crippen LogP contribution in [0.5, 0.6) is 0 Å². The molecular formula is C55H32N4S. The molecule has 0 unspecified atom stereocenters. The van der Waals surface area contributed by atoms with Gasteiger partial charge in [-0.2, -0.15) is 0 Å². The van der Waals surface area contributed by atoms with Crippen LogP contribution in [0.1, 0.15) is 0 Å². The van der Waals surface area contributed by atoms with Gasteiger partial charge in [0.25, 0.3) is 0 Å². The van der Waals surface area contributed by atoms with Gasteiger partial charge in [0.2, 0.25) is 0 Å². The number of nitrogens with zero attached hydrogens (tertiary/aromatic N) is 4. The standard InChI is InChI=1S/C55H32N4S/c1-3-13-33(14-4-1)53-56-54(34-15-5-2-6-16-34)58-55(57-53)37-17-11-18-38(29-37)59-47-27-25-35(36-26-28-50-44(30-36)41-21-9-10-24-49(41)60-50)31-46(47)52-43-23-12-22-42-39-19-7-8-20-40(39)45(51(42)43)32-48(52)59/h1-32H. The molecule has 1 aliphatic carbocycles. The maximum absolute atomic E-state index is 5.10. The highest BCUT2D eigenvalue weighted by Crippen LogP contribution is 2.51. The molecule has 0 N–H and O–H groups in total. The van der Waals surface area contributed by atoms with Gasteiger partial charge in [-0.05, 0) is 92.7 Å². The Morgan fingerprint density at radius 1 is 0.317 bits per heavy atom. The highest BCUT2D eigenvalue weighted by molar-refractivity contribution is 7.25. The number of fused-ring (bicyclic) bond motifs is 10. The number of aromatic nitrogens is 4. The Morgan fingerprint density at radius 2 is 0.883 bits per heavy atom. The fourth-order valence-corrected chi connectivity index (χ4v) is 10.6. The second-order valence-electron chi connectivity index (χ2n) is 15.6. The van der Waals surface area contributed by atoms with Gasteiger partial charge in [-0.15, -0.1) is 11.3 Å². The molecule has 0 radical (unpaired) electrons. The van der Waals surface area contributed by atoms with E-state index < -0.39 is 0 Å². The van der Waals surface area contributed by atoms with E-state index >= 15 is 0 Å². The minimum Gasteiger partial charge on any atom is -0.309 e. The molecule has 3 aromatic heterocycles. The summed E-state index contributed by atoms with van der Waals surface area (Å²) in [6, 6.07) is 69.7. The number of hydrogen-bond donors (Lipinski definition) is 0. The van der Waals surface area contributed by atoms with Crippen LogP contribution in [-0.4, -0.2) is 19.5 Å². The zero-order valence-corrected chi connectivity index (χ0v) is 33.0. The predicted molar refractivity (Wildman–Crippen MR) is 251 cm³/mol. The Bertz CT molecular complexity index is 3660. The van der Waals surface area contributed by atoms with Crippen molar-refractivity contribution in [2.45, 2.75) is 0 Å². The van der Waals surface area contributed by atoms with Crippen molar-refractivity contribution >= 4 is 64.1 Å². The Labute approximate surface area is 349 Å². The average Bonchev–Trinajstić information content (AvgIpc) is 3.97. The molecule has 9 aromatic carbocycles. The third-order valence-electron chi connectivity index (χ3n) is 12.2. The van der Waals surface area contributed by atoms with Crippen LogP contribution >= 0.6 is 11.3 Å². The summed E-state index contributed by atoms with van der Waals surface area (Å²) in [7, 11) is 0. The number of thiophene rings is 1. The second-order valence-corrected chi connectivity index (χ2v) is 16.6. The normalized spacial score (nSPS) is 12.0. The molecule has 12 aromatic rings. The molecule has 0 saturated heterocycles. The smallest absolute Gasteiger partial charge is 0.164 e. The topological polar surface area (TPSA) is 43.6 Å². The maximum Gasteiger partial charge on any atom is 0.164 e. The van der Waals surface area contributed by atoms with E-state index in [1.54, 1.807) is 0 Å². The van der Waals surface area contributed by atoms with Crippen LogP contribution in [0.4, 0.5) is 0 Å². The van der Waals surface area contributed by atoms with E-state index in [2.05, 4.69) is 162 Å². The highest BCUT2D eigenvalue weighted by Gasteiger charge is 2.26. The van der Waals surface area contributed by atoms with Gasteiger partial charge < -0.3 is 4.57 Å². The summed E-state index contributed by atoms with van der Waals surface area (Å²) in [5.74, 6) is 1.92. The van der Waals surface area contributed by atoms with E-state index in [9.17, 15) is 0 Å². The van der Waals surface area contributed by atoms with Gasteiger partial charge in [0.05, 0.1) is 11.0 Å². The van der Waals surface area contributed by atoms with Crippen LogP contribution in [0.3, 0.4) is 0 Å². The monoisotopic (exact) mass is 780 g/mol. The van der Waals surface area contributed by atoms with Crippen LogP contribution in [0.25, 0.3) is 126 Å². The van der Waals surface area contributed by atoms with Gasteiger partial charge in [0, 0.05) is 53.3 Å². The summed E-state index contributed by atoms with van der Waals surface area (Å²) in [6.45, 7) is 0. The Kier molecular flexibility index (Phi) is 7.14. The van der Waals surface area contributed by atoms with Crippen molar-refractivity contribution < 1.29 is 0 Å². The first-order valence-corrected chi connectivity index (χ1v) is 21.1. The summed E-state index contributed by atoms with van der Waals surface area (Å²) in [6.07, 6.45) is 0. The van der Waals surface area contributed by atoms with Crippen molar-refractivity contribution in [1.29, 1.82) is 0 Å². The van der Waals surface area contributed by atoms with Gasteiger partial charge >= 0.3 is 0 Å². The molecule has 0 atom stereocenters.